The fourth-order valence-electron chi connectivity index (χ4n) is 2.73. The molecular formula is C20H26N2O3S. The summed E-state index contributed by atoms with van der Waals surface area (Å²) in [6, 6.07) is 14.2. The summed E-state index contributed by atoms with van der Waals surface area (Å²) in [7, 11) is -0.651. The van der Waals surface area contributed by atoms with Gasteiger partial charge in [0.1, 0.15) is 0 Å². The van der Waals surface area contributed by atoms with Crippen molar-refractivity contribution >= 4 is 15.9 Å². The highest BCUT2D eigenvalue weighted by molar-refractivity contribution is 7.89. The summed E-state index contributed by atoms with van der Waals surface area (Å²) in [5.74, 6) is -0.0868. The summed E-state index contributed by atoms with van der Waals surface area (Å²) in [6.07, 6.45) is 0. The van der Waals surface area contributed by atoms with Crippen molar-refractivity contribution in [3.63, 3.8) is 0 Å². The lowest BCUT2D eigenvalue weighted by Crippen LogP contribution is -2.32. The topological polar surface area (TPSA) is 66.5 Å². The number of aryl methyl sites for hydroxylation is 1. The van der Waals surface area contributed by atoms with E-state index in [2.05, 4.69) is 5.32 Å². The van der Waals surface area contributed by atoms with Crippen LogP contribution in [0.5, 0.6) is 0 Å². The molecule has 6 heteroatoms. The predicted molar refractivity (Wildman–Crippen MR) is 104 cm³/mol. The van der Waals surface area contributed by atoms with Crippen LogP contribution in [-0.2, 0) is 10.0 Å². The molecular weight excluding hydrogens is 348 g/mol. The largest absolute Gasteiger partial charge is 0.345 e. The molecule has 1 unspecified atom stereocenters. The number of carbonyl (C=O) groups is 1. The van der Waals surface area contributed by atoms with Gasteiger partial charge in [-0.2, -0.15) is 0 Å². The first kappa shape index (κ1) is 20.1. The molecule has 0 heterocycles. The molecule has 0 saturated heterocycles. The summed E-state index contributed by atoms with van der Waals surface area (Å²) < 4.78 is 25.9. The molecule has 1 N–H and O–H groups in total. The second kappa shape index (κ2) is 8.01. The average Bonchev–Trinajstić information content (AvgIpc) is 2.60. The number of hydrogen-bond donors (Lipinski definition) is 1. The van der Waals surface area contributed by atoms with Gasteiger partial charge in [0.15, 0.2) is 0 Å². The van der Waals surface area contributed by atoms with Gasteiger partial charge in [-0.05, 0) is 36.1 Å². The van der Waals surface area contributed by atoms with Gasteiger partial charge in [0, 0.05) is 19.7 Å². The fraction of sp³-hybridized carbons (Fsp3) is 0.350. The van der Waals surface area contributed by atoms with Crippen LogP contribution in [0.4, 0.5) is 0 Å². The summed E-state index contributed by atoms with van der Waals surface area (Å²) in [4.78, 5) is 13.0. The van der Waals surface area contributed by atoms with Gasteiger partial charge in [-0.3, -0.25) is 4.79 Å². The maximum atomic E-state index is 12.9. The zero-order valence-corrected chi connectivity index (χ0v) is 16.7. The molecule has 0 radical (unpaired) electrons. The highest BCUT2D eigenvalue weighted by atomic mass is 32.2. The zero-order valence-electron chi connectivity index (χ0n) is 15.9. The summed E-state index contributed by atoms with van der Waals surface area (Å²) >= 11 is 0. The fourth-order valence-corrected chi connectivity index (χ4v) is 3.66. The SMILES string of the molecule is Cc1ccc(S(=O)(=O)N(C)C)cc1C(=O)NC(c1ccccc1)C(C)C. The number of nitrogens with zero attached hydrogens (tertiary/aromatic N) is 1. The van der Waals surface area contributed by atoms with E-state index in [1.54, 1.807) is 13.0 Å². The molecule has 0 aromatic heterocycles. The molecule has 0 spiro atoms. The normalized spacial score (nSPS) is 13.0. The molecule has 0 aliphatic carbocycles. The molecule has 0 saturated carbocycles. The maximum Gasteiger partial charge on any atom is 0.252 e. The van der Waals surface area contributed by atoms with Gasteiger partial charge in [0.2, 0.25) is 10.0 Å². The lowest BCUT2D eigenvalue weighted by atomic mass is 9.95. The van der Waals surface area contributed by atoms with Crippen LogP contribution in [0.1, 0.15) is 41.4 Å². The van der Waals surface area contributed by atoms with Crippen molar-refractivity contribution in [1.29, 1.82) is 0 Å². The van der Waals surface area contributed by atoms with Gasteiger partial charge in [-0.15, -0.1) is 0 Å². The van der Waals surface area contributed by atoms with Gasteiger partial charge in [0.25, 0.3) is 5.91 Å². The molecule has 1 atom stereocenters. The third-order valence-electron chi connectivity index (χ3n) is 4.34. The van der Waals surface area contributed by atoms with E-state index in [0.717, 1.165) is 15.4 Å². The number of hydrogen-bond acceptors (Lipinski definition) is 3. The first-order chi connectivity index (χ1) is 12.1. The maximum absolute atomic E-state index is 12.9. The number of carbonyl (C=O) groups excluding carboxylic acids is 1. The second-order valence-corrected chi connectivity index (χ2v) is 9.02. The minimum Gasteiger partial charge on any atom is -0.345 e. The molecule has 5 nitrogen and oxygen atoms in total. The molecule has 2 aromatic rings. The zero-order chi connectivity index (χ0) is 19.5. The van der Waals surface area contributed by atoms with Crippen molar-refractivity contribution in [2.24, 2.45) is 5.92 Å². The summed E-state index contributed by atoms with van der Waals surface area (Å²) in [5, 5.41) is 3.05. The van der Waals surface area contributed by atoms with E-state index in [0.29, 0.717) is 5.56 Å². The third kappa shape index (κ3) is 4.31. The Morgan fingerprint density at radius 3 is 2.19 bits per heavy atom. The molecule has 0 aliphatic rings. The lowest BCUT2D eigenvalue weighted by molar-refractivity contribution is 0.0924. The molecule has 140 valence electrons. The first-order valence-electron chi connectivity index (χ1n) is 8.53. The Bertz CT molecular complexity index is 875. The van der Waals surface area contributed by atoms with E-state index in [1.165, 1.54) is 26.2 Å². The average molecular weight is 375 g/mol. The van der Waals surface area contributed by atoms with E-state index < -0.39 is 10.0 Å². The number of rotatable bonds is 6. The summed E-state index contributed by atoms with van der Waals surface area (Å²) in [5.41, 5.74) is 2.12. The molecule has 26 heavy (non-hydrogen) atoms. The van der Waals surface area contributed by atoms with Crippen molar-refractivity contribution in [3.8, 4) is 0 Å². The Morgan fingerprint density at radius 1 is 1.04 bits per heavy atom. The first-order valence-corrected chi connectivity index (χ1v) is 9.97. The van der Waals surface area contributed by atoms with Crippen LogP contribution in [0.25, 0.3) is 0 Å². The molecule has 1 amide bonds. The number of amides is 1. The second-order valence-electron chi connectivity index (χ2n) is 6.87. The number of sulfonamides is 1. The third-order valence-corrected chi connectivity index (χ3v) is 6.16. The van der Waals surface area contributed by atoms with Crippen LogP contribution in [0.3, 0.4) is 0 Å². The van der Waals surface area contributed by atoms with Crippen LogP contribution >= 0.6 is 0 Å². The van der Waals surface area contributed by atoms with Crippen LogP contribution in [0.2, 0.25) is 0 Å². The van der Waals surface area contributed by atoms with Gasteiger partial charge >= 0.3 is 0 Å². The van der Waals surface area contributed by atoms with Gasteiger partial charge in [0.05, 0.1) is 10.9 Å². The van der Waals surface area contributed by atoms with Crippen molar-refractivity contribution in [2.45, 2.75) is 31.7 Å². The van der Waals surface area contributed by atoms with E-state index in [1.807, 2.05) is 44.2 Å². The van der Waals surface area contributed by atoms with E-state index in [-0.39, 0.29) is 22.8 Å². The smallest absolute Gasteiger partial charge is 0.252 e. The Balaban J connectivity index is 2.37. The van der Waals surface area contributed by atoms with Crippen LogP contribution in [0, 0.1) is 12.8 Å². The van der Waals surface area contributed by atoms with Gasteiger partial charge in [-0.1, -0.05) is 50.2 Å². The molecule has 2 rings (SSSR count). The van der Waals surface area contributed by atoms with Crippen LogP contribution in [0.15, 0.2) is 53.4 Å². The Morgan fingerprint density at radius 2 is 1.65 bits per heavy atom. The number of nitrogens with one attached hydrogen (secondary N) is 1. The van der Waals surface area contributed by atoms with Crippen LogP contribution in [-0.4, -0.2) is 32.7 Å². The van der Waals surface area contributed by atoms with E-state index in [9.17, 15) is 13.2 Å². The molecule has 0 fully saturated rings. The molecule has 2 aromatic carbocycles. The lowest BCUT2D eigenvalue weighted by Gasteiger charge is -2.23. The minimum absolute atomic E-state index is 0.110. The quantitative estimate of drug-likeness (QED) is 0.843. The Kier molecular flexibility index (Phi) is 6.21. The van der Waals surface area contributed by atoms with E-state index >= 15 is 0 Å². The summed E-state index contributed by atoms with van der Waals surface area (Å²) in [6.45, 7) is 5.88. The van der Waals surface area contributed by atoms with Crippen molar-refractivity contribution < 1.29 is 13.2 Å². The molecule has 0 bridgehead atoms. The Hall–Kier alpha value is -2.18. The van der Waals surface area contributed by atoms with Crippen molar-refractivity contribution in [1.82, 2.24) is 9.62 Å². The standard InChI is InChI=1S/C20H26N2O3S/c1-14(2)19(16-9-7-6-8-10-16)21-20(23)18-13-17(12-11-15(18)3)26(24,25)22(4)5/h6-14,19H,1-5H3,(H,21,23). The highest BCUT2D eigenvalue weighted by Gasteiger charge is 2.23. The van der Waals surface area contributed by atoms with E-state index in [4.69, 9.17) is 0 Å². The predicted octanol–water partition coefficient (Wildman–Crippen LogP) is 3.37. The highest BCUT2D eigenvalue weighted by Crippen LogP contribution is 2.23. The molecule has 0 aliphatic heterocycles. The minimum atomic E-state index is -3.59. The number of benzene rings is 2. The Labute approximate surface area is 156 Å². The van der Waals surface area contributed by atoms with Gasteiger partial charge < -0.3 is 5.32 Å². The van der Waals surface area contributed by atoms with Crippen LogP contribution < -0.4 is 5.32 Å². The van der Waals surface area contributed by atoms with Crippen molar-refractivity contribution in [2.75, 3.05) is 14.1 Å². The van der Waals surface area contributed by atoms with Gasteiger partial charge in [-0.25, -0.2) is 12.7 Å². The monoisotopic (exact) mass is 374 g/mol. The van der Waals surface area contributed by atoms with Crippen molar-refractivity contribution in [3.05, 3.63) is 65.2 Å².